The summed E-state index contributed by atoms with van der Waals surface area (Å²) in [6.07, 6.45) is 0. The molecular weight excluding hydrogens is 372 g/mol. The van der Waals surface area contributed by atoms with Gasteiger partial charge in [-0.1, -0.05) is 17.7 Å². The van der Waals surface area contributed by atoms with Crippen LogP contribution in [-0.4, -0.2) is 10.9 Å². The maximum atomic E-state index is 12.2. The highest BCUT2D eigenvalue weighted by atomic mass is 35.5. The molecule has 0 saturated heterocycles. The summed E-state index contributed by atoms with van der Waals surface area (Å²) in [5.41, 5.74) is 4.03. The van der Waals surface area contributed by atoms with E-state index in [1.807, 2.05) is 30.3 Å². The summed E-state index contributed by atoms with van der Waals surface area (Å²) in [5.74, 6) is -0.153. The zero-order valence-electron chi connectivity index (χ0n) is 13.2. The molecule has 0 spiro atoms. The normalized spacial score (nSPS) is 11.0. The third-order valence-corrected chi connectivity index (χ3v) is 6.03. The van der Waals surface area contributed by atoms with Crippen molar-refractivity contribution in [1.29, 1.82) is 0 Å². The monoisotopic (exact) mass is 384 g/mol. The fourth-order valence-electron chi connectivity index (χ4n) is 2.48. The van der Waals surface area contributed by atoms with E-state index < -0.39 is 0 Å². The molecule has 0 fully saturated rings. The van der Waals surface area contributed by atoms with Gasteiger partial charge in [-0.25, -0.2) is 4.98 Å². The summed E-state index contributed by atoms with van der Waals surface area (Å²) in [6.45, 7) is 2.08. The molecule has 2 aromatic heterocycles. The summed E-state index contributed by atoms with van der Waals surface area (Å²) >= 11 is 8.81. The van der Waals surface area contributed by atoms with Crippen molar-refractivity contribution < 1.29 is 4.79 Å². The van der Waals surface area contributed by atoms with Gasteiger partial charge < -0.3 is 5.32 Å². The molecule has 2 aromatic carbocycles. The molecule has 0 atom stereocenters. The number of halogens is 1. The second-order valence-corrected chi connectivity index (χ2v) is 8.37. The van der Waals surface area contributed by atoms with Gasteiger partial charge in [0, 0.05) is 11.3 Å². The number of hydrogen-bond donors (Lipinski definition) is 1. The number of thiophene rings is 1. The lowest BCUT2D eigenvalue weighted by atomic mass is 10.2. The maximum absolute atomic E-state index is 12.2. The number of aromatic nitrogens is 1. The van der Waals surface area contributed by atoms with E-state index in [9.17, 15) is 4.79 Å². The Morgan fingerprint density at radius 3 is 2.56 bits per heavy atom. The Kier molecular flexibility index (Phi) is 4.29. The van der Waals surface area contributed by atoms with Gasteiger partial charge in [0.05, 0.1) is 19.4 Å². The van der Waals surface area contributed by atoms with Crippen molar-refractivity contribution >= 4 is 56.1 Å². The van der Waals surface area contributed by atoms with Crippen molar-refractivity contribution in [2.24, 2.45) is 0 Å². The van der Waals surface area contributed by atoms with Crippen LogP contribution in [0.3, 0.4) is 0 Å². The lowest BCUT2D eigenvalue weighted by molar-refractivity contribution is 0.103. The summed E-state index contributed by atoms with van der Waals surface area (Å²) in [5, 5.41) is 3.86. The molecule has 6 heteroatoms. The fraction of sp³-hybridized carbons (Fsp3) is 0.0526. The minimum absolute atomic E-state index is 0.153. The van der Waals surface area contributed by atoms with E-state index in [0.717, 1.165) is 21.8 Å². The Bertz CT molecular complexity index is 1070. The van der Waals surface area contributed by atoms with Crippen molar-refractivity contribution in [1.82, 2.24) is 4.98 Å². The molecular formula is C19H13ClN2OS2. The molecule has 0 aliphatic carbocycles. The number of fused-ring (bicyclic) bond motifs is 1. The Morgan fingerprint density at radius 1 is 1.04 bits per heavy atom. The highest BCUT2D eigenvalue weighted by Gasteiger charge is 2.10. The second-order valence-electron chi connectivity index (χ2n) is 5.63. The predicted molar refractivity (Wildman–Crippen MR) is 107 cm³/mol. The first-order chi connectivity index (χ1) is 12.1. The van der Waals surface area contributed by atoms with Gasteiger partial charge in [0.25, 0.3) is 5.91 Å². The zero-order valence-corrected chi connectivity index (χ0v) is 15.6. The molecule has 4 aromatic rings. The van der Waals surface area contributed by atoms with Crippen molar-refractivity contribution in [3.63, 3.8) is 0 Å². The number of amides is 1. The van der Waals surface area contributed by atoms with Crippen LogP contribution in [0.2, 0.25) is 4.34 Å². The van der Waals surface area contributed by atoms with Crippen molar-refractivity contribution in [2.45, 2.75) is 6.92 Å². The van der Waals surface area contributed by atoms with Gasteiger partial charge in [-0.05, 0) is 61.0 Å². The van der Waals surface area contributed by atoms with Crippen LogP contribution >= 0.6 is 34.3 Å². The highest BCUT2D eigenvalue weighted by molar-refractivity contribution is 7.21. The van der Waals surface area contributed by atoms with Crippen LogP contribution in [0, 0.1) is 6.92 Å². The van der Waals surface area contributed by atoms with Crippen LogP contribution in [0.15, 0.2) is 54.6 Å². The topological polar surface area (TPSA) is 42.0 Å². The number of nitrogens with one attached hydrogen (secondary N) is 1. The van der Waals surface area contributed by atoms with E-state index >= 15 is 0 Å². The Hall–Kier alpha value is -2.21. The summed E-state index contributed by atoms with van der Waals surface area (Å²) in [4.78, 5) is 17.4. The first-order valence-corrected chi connectivity index (χ1v) is 9.64. The van der Waals surface area contributed by atoms with E-state index in [0.29, 0.717) is 9.21 Å². The first kappa shape index (κ1) is 16.3. The fourth-order valence-corrected chi connectivity index (χ4v) is 4.49. The third-order valence-electron chi connectivity index (χ3n) is 3.73. The second kappa shape index (κ2) is 6.59. The SMILES string of the molecule is Cc1ccc2nc(-c3ccc(NC(=O)c4ccc(Cl)s4)cc3)sc2c1. The quantitative estimate of drug-likeness (QED) is 0.454. The molecule has 0 bridgehead atoms. The summed E-state index contributed by atoms with van der Waals surface area (Å²) in [6, 6.07) is 17.4. The largest absolute Gasteiger partial charge is 0.321 e. The van der Waals surface area contributed by atoms with Gasteiger partial charge in [-0.15, -0.1) is 22.7 Å². The summed E-state index contributed by atoms with van der Waals surface area (Å²) in [7, 11) is 0. The molecule has 25 heavy (non-hydrogen) atoms. The van der Waals surface area contributed by atoms with Crippen molar-refractivity contribution in [3.8, 4) is 10.6 Å². The number of thiazole rings is 1. The van der Waals surface area contributed by atoms with E-state index in [4.69, 9.17) is 11.6 Å². The van der Waals surface area contributed by atoms with Crippen molar-refractivity contribution in [3.05, 3.63) is 69.4 Å². The summed E-state index contributed by atoms with van der Waals surface area (Å²) < 4.78 is 1.79. The van der Waals surface area contributed by atoms with E-state index in [2.05, 4.69) is 29.4 Å². The average molecular weight is 385 g/mol. The highest BCUT2D eigenvalue weighted by Crippen LogP contribution is 2.31. The molecule has 0 aliphatic rings. The zero-order chi connectivity index (χ0) is 17.4. The van der Waals surface area contributed by atoms with Crippen molar-refractivity contribution in [2.75, 3.05) is 5.32 Å². The molecule has 1 amide bonds. The molecule has 2 heterocycles. The smallest absolute Gasteiger partial charge is 0.265 e. The predicted octanol–water partition coefficient (Wildman–Crippen LogP) is 6.24. The first-order valence-electron chi connectivity index (χ1n) is 7.63. The maximum Gasteiger partial charge on any atom is 0.265 e. The van der Waals surface area contributed by atoms with Gasteiger partial charge in [-0.3, -0.25) is 4.79 Å². The van der Waals surface area contributed by atoms with Crippen LogP contribution in [0.4, 0.5) is 5.69 Å². The third kappa shape index (κ3) is 3.44. The van der Waals surface area contributed by atoms with Crippen LogP contribution < -0.4 is 5.32 Å². The van der Waals surface area contributed by atoms with E-state index in [1.165, 1.54) is 21.6 Å². The number of anilines is 1. The van der Waals surface area contributed by atoms with Gasteiger partial charge in [0.1, 0.15) is 5.01 Å². The lowest BCUT2D eigenvalue weighted by Crippen LogP contribution is -2.09. The Balaban J connectivity index is 1.55. The molecule has 0 unspecified atom stereocenters. The molecule has 0 radical (unpaired) electrons. The number of aryl methyl sites for hydroxylation is 1. The molecule has 0 saturated carbocycles. The van der Waals surface area contributed by atoms with E-state index in [-0.39, 0.29) is 5.91 Å². The molecule has 4 rings (SSSR count). The Labute approximate surface area is 157 Å². The van der Waals surface area contributed by atoms with Crippen LogP contribution in [-0.2, 0) is 0 Å². The average Bonchev–Trinajstić information content (AvgIpc) is 3.21. The van der Waals surface area contributed by atoms with Crippen LogP contribution in [0.5, 0.6) is 0 Å². The minimum Gasteiger partial charge on any atom is -0.321 e. The number of benzene rings is 2. The standard InChI is InChI=1S/C19H13ClN2OS2/c1-11-2-7-14-16(10-11)25-19(22-14)12-3-5-13(6-4-12)21-18(23)15-8-9-17(20)24-15/h2-10H,1H3,(H,21,23). The van der Waals surface area contributed by atoms with Crippen LogP contribution in [0.25, 0.3) is 20.8 Å². The molecule has 124 valence electrons. The van der Waals surface area contributed by atoms with E-state index in [1.54, 1.807) is 23.5 Å². The molecule has 3 nitrogen and oxygen atoms in total. The van der Waals surface area contributed by atoms with Gasteiger partial charge in [0.2, 0.25) is 0 Å². The lowest BCUT2D eigenvalue weighted by Gasteiger charge is -2.04. The van der Waals surface area contributed by atoms with Gasteiger partial charge in [0.15, 0.2) is 0 Å². The number of nitrogens with zero attached hydrogens (tertiary/aromatic N) is 1. The van der Waals surface area contributed by atoms with Crippen LogP contribution in [0.1, 0.15) is 15.2 Å². The van der Waals surface area contributed by atoms with Gasteiger partial charge >= 0.3 is 0 Å². The molecule has 1 N–H and O–H groups in total. The number of rotatable bonds is 3. The Morgan fingerprint density at radius 2 is 1.84 bits per heavy atom. The van der Waals surface area contributed by atoms with Gasteiger partial charge in [-0.2, -0.15) is 0 Å². The number of carbonyl (C=O) groups excluding carboxylic acids is 1. The molecule has 0 aliphatic heterocycles. The minimum atomic E-state index is -0.153. The number of carbonyl (C=O) groups is 1. The number of hydrogen-bond acceptors (Lipinski definition) is 4.